The van der Waals surface area contributed by atoms with Gasteiger partial charge in [-0.05, 0) is 6.92 Å². The van der Waals surface area contributed by atoms with Crippen LogP contribution in [0.4, 0.5) is 0 Å². The number of hydrogen-bond donors (Lipinski definition) is 0. The van der Waals surface area contributed by atoms with E-state index in [4.69, 9.17) is 104 Å². The van der Waals surface area contributed by atoms with Gasteiger partial charge >= 0.3 is 0 Å². The van der Waals surface area contributed by atoms with Crippen molar-refractivity contribution in [1.82, 2.24) is 29.9 Å². The second-order valence-corrected chi connectivity index (χ2v) is 12.5. The molecule has 166 valence electrons. The van der Waals surface area contributed by atoms with Gasteiger partial charge < -0.3 is 0 Å². The summed E-state index contributed by atoms with van der Waals surface area (Å²) < 4.78 is -5.26. The molecule has 0 aliphatic carbocycles. The van der Waals surface area contributed by atoms with Crippen LogP contribution in [-0.4, -0.2) is 29.9 Å². The third-order valence-corrected chi connectivity index (χ3v) is 4.72. The lowest BCUT2D eigenvalue weighted by atomic mass is 10.1. The molecule has 0 atom stereocenters. The molecule has 0 bridgehead atoms. The summed E-state index contributed by atoms with van der Waals surface area (Å²) in [6.45, 7) is 1.96. The quantitative estimate of drug-likeness (QED) is 0.274. The van der Waals surface area contributed by atoms with Crippen LogP contribution in [0.15, 0.2) is 36.9 Å². The molecule has 0 unspecified atom stereocenters. The molecule has 0 aliphatic rings. The minimum atomic E-state index is -1.85. The largest absolute Gasteiger partial charge is 0.250 e. The van der Waals surface area contributed by atoms with Gasteiger partial charge in [-0.15, -0.1) is 0 Å². The fourth-order valence-corrected chi connectivity index (χ4v) is 2.65. The molecule has 3 rings (SSSR count). The van der Waals surface area contributed by atoms with Crippen LogP contribution >= 0.6 is 104 Å². The number of nitrogens with zero attached hydrogens (tertiary/aromatic N) is 6. The molecule has 31 heavy (non-hydrogen) atoms. The van der Waals surface area contributed by atoms with Gasteiger partial charge in [0.2, 0.25) is 11.4 Å². The van der Waals surface area contributed by atoms with Crippen molar-refractivity contribution in [3.63, 3.8) is 0 Å². The van der Waals surface area contributed by atoms with Crippen molar-refractivity contribution in [2.45, 2.75) is 18.3 Å². The van der Waals surface area contributed by atoms with E-state index in [2.05, 4.69) is 29.9 Å². The Labute approximate surface area is 222 Å². The molecule has 15 heteroatoms. The highest BCUT2D eigenvalue weighted by Crippen LogP contribution is 2.40. The lowest BCUT2D eigenvalue weighted by Crippen LogP contribution is -2.16. The van der Waals surface area contributed by atoms with Crippen molar-refractivity contribution in [1.29, 1.82) is 0 Å². The van der Waals surface area contributed by atoms with Crippen LogP contribution in [0, 0.1) is 6.92 Å². The van der Waals surface area contributed by atoms with Gasteiger partial charge in [0.05, 0.1) is 0 Å². The van der Waals surface area contributed by atoms with E-state index in [0.717, 1.165) is 5.56 Å². The maximum absolute atomic E-state index is 5.81. The summed E-state index contributed by atoms with van der Waals surface area (Å²) in [4.78, 5) is 23.0. The van der Waals surface area contributed by atoms with E-state index in [1.54, 1.807) is 0 Å². The Morgan fingerprint density at radius 3 is 1.35 bits per heavy atom. The third-order valence-electron chi connectivity index (χ3n) is 3.20. The Hall–Kier alpha value is -0.150. The number of alkyl halides is 9. The number of halogens is 9. The normalized spacial score (nSPS) is 12.2. The van der Waals surface area contributed by atoms with Crippen LogP contribution in [0.2, 0.25) is 0 Å². The SMILES string of the molecule is Cc1ccc(-c2nc(C(Cl)(Cl)Cl)nc(C(Cl)(Cl)Cl)n2)cc1.ClC(Cl)(Cl)c1ncncn1. The first-order chi connectivity index (χ1) is 14.2. The Morgan fingerprint density at radius 1 is 0.581 bits per heavy atom. The van der Waals surface area contributed by atoms with Crippen LogP contribution < -0.4 is 0 Å². The van der Waals surface area contributed by atoms with Crippen LogP contribution in [0.1, 0.15) is 23.0 Å². The molecule has 0 fully saturated rings. The molecule has 0 amide bonds. The van der Waals surface area contributed by atoms with Gasteiger partial charge in [-0.25, -0.2) is 29.9 Å². The van der Waals surface area contributed by atoms with Crippen molar-refractivity contribution in [2.75, 3.05) is 0 Å². The molecule has 6 nitrogen and oxygen atoms in total. The predicted molar refractivity (Wildman–Crippen MR) is 128 cm³/mol. The van der Waals surface area contributed by atoms with Gasteiger partial charge in [0, 0.05) is 5.56 Å². The molecule has 0 spiro atoms. The summed E-state index contributed by atoms with van der Waals surface area (Å²) in [5, 5.41) is 0. The van der Waals surface area contributed by atoms with Gasteiger partial charge in [0.15, 0.2) is 23.3 Å². The molecule has 2 heterocycles. The zero-order valence-corrected chi connectivity index (χ0v) is 21.9. The fraction of sp³-hybridized carbons (Fsp3) is 0.250. The molecular weight excluding hydrogens is 595 g/mol. The smallest absolute Gasteiger partial charge is 0.225 e. The maximum atomic E-state index is 5.81. The highest BCUT2D eigenvalue weighted by Gasteiger charge is 2.34. The number of aromatic nitrogens is 6. The highest BCUT2D eigenvalue weighted by molar-refractivity contribution is 6.67. The van der Waals surface area contributed by atoms with E-state index in [-0.39, 0.29) is 23.3 Å². The molecule has 3 aromatic rings. The molecule has 0 saturated carbocycles. The number of aryl methyl sites for hydroxylation is 1. The van der Waals surface area contributed by atoms with E-state index >= 15 is 0 Å². The van der Waals surface area contributed by atoms with Crippen molar-refractivity contribution in [2.24, 2.45) is 0 Å². The molecule has 0 N–H and O–H groups in total. The first-order valence-electron chi connectivity index (χ1n) is 7.84. The maximum Gasteiger partial charge on any atom is 0.250 e. The first-order valence-corrected chi connectivity index (χ1v) is 11.2. The molecule has 1 aromatic carbocycles. The second-order valence-electron chi connectivity index (χ2n) is 5.63. The average molecular weight is 604 g/mol. The monoisotopic (exact) mass is 600 g/mol. The standard InChI is InChI=1S/C12H7Cl6N3.C4H2Cl3N3/c1-6-2-4-7(5-3-6)8-19-9(11(13,14)15)21-10(20-8)12(16,17)18;5-4(6,7)3-9-1-8-2-10-3/h2-5H,1H3;1-2H. The highest BCUT2D eigenvalue weighted by atomic mass is 35.6. The van der Waals surface area contributed by atoms with Crippen molar-refractivity contribution < 1.29 is 0 Å². The summed E-state index contributed by atoms with van der Waals surface area (Å²) in [6, 6.07) is 7.41. The lowest BCUT2D eigenvalue weighted by molar-refractivity contribution is 0.851. The zero-order chi connectivity index (χ0) is 23.4. The molecule has 0 saturated heterocycles. The van der Waals surface area contributed by atoms with Gasteiger partial charge in [-0.1, -0.05) is 134 Å². The van der Waals surface area contributed by atoms with Gasteiger partial charge in [-0.2, -0.15) is 0 Å². The van der Waals surface area contributed by atoms with Crippen molar-refractivity contribution in [3.05, 3.63) is 60.0 Å². The Balaban J connectivity index is 0.000000285. The van der Waals surface area contributed by atoms with Crippen LogP contribution in [0.25, 0.3) is 11.4 Å². The Morgan fingerprint density at radius 2 is 1.00 bits per heavy atom. The van der Waals surface area contributed by atoms with E-state index < -0.39 is 11.4 Å². The summed E-state index contributed by atoms with van der Waals surface area (Å²) in [5.74, 6) is 0.166. The molecule has 0 radical (unpaired) electrons. The summed E-state index contributed by atoms with van der Waals surface area (Å²) in [5.41, 5.74) is 1.77. The summed E-state index contributed by atoms with van der Waals surface area (Å²) in [6.07, 6.45) is 2.54. The van der Waals surface area contributed by atoms with E-state index in [1.165, 1.54) is 12.7 Å². The first kappa shape index (κ1) is 27.1. The van der Waals surface area contributed by atoms with Crippen molar-refractivity contribution >= 4 is 104 Å². The lowest BCUT2D eigenvalue weighted by Gasteiger charge is -2.15. The number of rotatable bonds is 1. The van der Waals surface area contributed by atoms with Crippen LogP contribution in [0.5, 0.6) is 0 Å². The summed E-state index contributed by atoms with van der Waals surface area (Å²) in [7, 11) is 0. The summed E-state index contributed by atoms with van der Waals surface area (Å²) >= 11 is 51.2. The fourth-order valence-electron chi connectivity index (χ4n) is 1.85. The Bertz CT molecular complexity index is 967. The van der Waals surface area contributed by atoms with Gasteiger partial charge in [0.25, 0.3) is 0 Å². The number of benzene rings is 1. The van der Waals surface area contributed by atoms with Crippen LogP contribution in [0.3, 0.4) is 0 Å². The zero-order valence-electron chi connectivity index (χ0n) is 15.0. The topological polar surface area (TPSA) is 77.3 Å². The molecular formula is C16H9Cl9N6. The van der Waals surface area contributed by atoms with Crippen LogP contribution in [-0.2, 0) is 11.4 Å². The number of hydrogen-bond acceptors (Lipinski definition) is 6. The average Bonchev–Trinajstić information content (AvgIpc) is 2.67. The third kappa shape index (κ3) is 8.61. The van der Waals surface area contributed by atoms with E-state index in [1.807, 2.05) is 31.2 Å². The van der Waals surface area contributed by atoms with Gasteiger partial charge in [0.1, 0.15) is 12.7 Å². The van der Waals surface area contributed by atoms with E-state index in [0.29, 0.717) is 5.56 Å². The Kier molecular flexibility index (Phi) is 9.48. The minimum Gasteiger partial charge on any atom is -0.225 e. The van der Waals surface area contributed by atoms with Gasteiger partial charge in [-0.3, -0.25) is 0 Å². The molecule has 2 aromatic heterocycles. The minimum absolute atomic E-state index is 0.112. The second kappa shape index (κ2) is 10.9. The van der Waals surface area contributed by atoms with Crippen molar-refractivity contribution in [3.8, 4) is 11.4 Å². The molecule has 0 aliphatic heterocycles. The van der Waals surface area contributed by atoms with E-state index in [9.17, 15) is 0 Å². The predicted octanol–water partition coefficient (Wildman–Crippen LogP) is 7.20.